The van der Waals surface area contributed by atoms with Crippen molar-refractivity contribution in [1.29, 1.82) is 0 Å². The molecule has 130 valence electrons. The van der Waals surface area contributed by atoms with Gasteiger partial charge in [0.1, 0.15) is 0 Å². The Morgan fingerprint density at radius 2 is 1.52 bits per heavy atom. The van der Waals surface area contributed by atoms with Gasteiger partial charge < -0.3 is 10.6 Å². The highest BCUT2D eigenvalue weighted by molar-refractivity contribution is 9.10. The van der Waals surface area contributed by atoms with Crippen LogP contribution in [0.2, 0.25) is 0 Å². The number of hydrogen-bond acceptors (Lipinski definition) is 3. The third-order valence-electron chi connectivity index (χ3n) is 3.28. The highest BCUT2D eigenvalue weighted by Crippen LogP contribution is 2.16. The quantitative estimate of drug-likeness (QED) is 0.650. The van der Waals surface area contributed by atoms with Crippen molar-refractivity contribution < 1.29 is 9.59 Å². The van der Waals surface area contributed by atoms with Crippen molar-refractivity contribution in [2.75, 3.05) is 10.6 Å². The van der Waals surface area contributed by atoms with E-state index in [4.69, 9.17) is 12.2 Å². The van der Waals surface area contributed by atoms with Gasteiger partial charge in [0.25, 0.3) is 5.91 Å². The highest BCUT2D eigenvalue weighted by Gasteiger charge is 2.11. The smallest absolute Gasteiger partial charge is 0.258 e. The van der Waals surface area contributed by atoms with Gasteiger partial charge in [-0.2, -0.15) is 0 Å². The van der Waals surface area contributed by atoms with Crippen molar-refractivity contribution >= 4 is 56.4 Å². The summed E-state index contributed by atoms with van der Waals surface area (Å²) in [6.07, 6.45) is 0. The molecule has 0 aliphatic heterocycles. The van der Waals surface area contributed by atoms with Crippen LogP contribution in [0.5, 0.6) is 0 Å². The van der Waals surface area contributed by atoms with Crippen molar-refractivity contribution in [1.82, 2.24) is 5.32 Å². The molecule has 0 aromatic heterocycles. The lowest BCUT2D eigenvalue weighted by Crippen LogP contribution is -2.34. The molecule has 0 spiro atoms. The molecule has 7 heteroatoms. The molecule has 5 nitrogen and oxygen atoms in total. The van der Waals surface area contributed by atoms with Crippen LogP contribution in [-0.2, 0) is 4.79 Å². The Morgan fingerprint density at radius 3 is 2.08 bits per heavy atom. The molecule has 0 saturated carbocycles. The lowest BCUT2D eigenvalue weighted by atomic mass is 10.2. The molecular formula is C18H18BrN3O2S. The SMILES string of the molecule is CC(C)C(=O)Nc1ccc(NC(=S)NC(=O)c2ccccc2Br)cc1. The van der Waals surface area contributed by atoms with Gasteiger partial charge in [0.2, 0.25) is 5.91 Å². The van der Waals surface area contributed by atoms with Crippen molar-refractivity contribution in [3.63, 3.8) is 0 Å². The molecule has 2 aromatic rings. The topological polar surface area (TPSA) is 70.2 Å². The highest BCUT2D eigenvalue weighted by atomic mass is 79.9. The van der Waals surface area contributed by atoms with E-state index in [0.717, 1.165) is 0 Å². The van der Waals surface area contributed by atoms with Crippen LogP contribution in [-0.4, -0.2) is 16.9 Å². The molecule has 0 aliphatic rings. The lowest BCUT2D eigenvalue weighted by Gasteiger charge is -2.12. The third-order valence-corrected chi connectivity index (χ3v) is 4.18. The molecule has 2 aromatic carbocycles. The molecule has 2 amide bonds. The first kappa shape index (κ1) is 19.1. The first-order chi connectivity index (χ1) is 11.9. The number of amides is 2. The second-order valence-electron chi connectivity index (χ2n) is 5.61. The minimum atomic E-state index is -0.300. The first-order valence-corrected chi connectivity index (χ1v) is 8.84. The predicted octanol–water partition coefficient (Wildman–Crippen LogP) is 4.17. The zero-order valence-corrected chi connectivity index (χ0v) is 16.2. The van der Waals surface area contributed by atoms with Crippen LogP contribution in [0.1, 0.15) is 24.2 Å². The van der Waals surface area contributed by atoms with E-state index in [1.165, 1.54) is 0 Å². The van der Waals surface area contributed by atoms with Crippen LogP contribution in [0.15, 0.2) is 53.0 Å². The third kappa shape index (κ3) is 5.65. The Morgan fingerprint density at radius 1 is 0.960 bits per heavy atom. The van der Waals surface area contributed by atoms with Gasteiger partial charge >= 0.3 is 0 Å². The number of thiocarbonyl (C=S) groups is 1. The van der Waals surface area contributed by atoms with Crippen molar-refractivity contribution in [3.05, 3.63) is 58.6 Å². The summed E-state index contributed by atoms with van der Waals surface area (Å²) in [5.41, 5.74) is 1.91. The molecule has 3 N–H and O–H groups in total. The van der Waals surface area contributed by atoms with Gasteiger partial charge in [-0.25, -0.2) is 0 Å². The molecule has 0 aliphatic carbocycles. The number of hydrogen-bond donors (Lipinski definition) is 3. The van der Waals surface area contributed by atoms with E-state index < -0.39 is 0 Å². The van der Waals surface area contributed by atoms with E-state index in [9.17, 15) is 9.59 Å². The summed E-state index contributed by atoms with van der Waals surface area (Å²) in [6.45, 7) is 3.66. The Labute approximate surface area is 160 Å². The van der Waals surface area contributed by atoms with Gasteiger partial charge in [0, 0.05) is 21.8 Å². The Hall–Kier alpha value is -2.25. The average molecular weight is 420 g/mol. The molecule has 0 unspecified atom stereocenters. The van der Waals surface area contributed by atoms with Gasteiger partial charge in [-0.3, -0.25) is 14.9 Å². The molecule has 0 heterocycles. The summed E-state index contributed by atoms with van der Waals surface area (Å²) in [5.74, 6) is -0.430. The number of benzene rings is 2. The standard InChI is InChI=1S/C18H18BrN3O2S/c1-11(2)16(23)20-12-7-9-13(10-8-12)21-18(25)22-17(24)14-5-3-4-6-15(14)19/h3-11H,1-2H3,(H,20,23)(H2,21,22,24,25). The van der Waals surface area contributed by atoms with Crippen LogP contribution >= 0.6 is 28.1 Å². The summed E-state index contributed by atoms with van der Waals surface area (Å²) in [4.78, 5) is 23.8. The summed E-state index contributed by atoms with van der Waals surface area (Å²) < 4.78 is 0.695. The maximum atomic E-state index is 12.2. The zero-order valence-electron chi connectivity index (χ0n) is 13.8. The molecule has 0 saturated heterocycles. The Bertz CT molecular complexity index is 791. The first-order valence-electron chi connectivity index (χ1n) is 7.64. The second kappa shape index (κ2) is 8.73. The van der Waals surface area contributed by atoms with E-state index >= 15 is 0 Å². The van der Waals surface area contributed by atoms with Gasteiger partial charge in [0.15, 0.2) is 5.11 Å². The largest absolute Gasteiger partial charge is 0.332 e. The zero-order chi connectivity index (χ0) is 18.4. The maximum absolute atomic E-state index is 12.2. The molecule has 2 rings (SSSR count). The van der Waals surface area contributed by atoms with Crippen molar-refractivity contribution in [3.8, 4) is 0 Å². The summed E-state index contributed by atoms with van der Waals surface area (Å²) in [5, 5.41) is 8.57. The van der Waals surface area contributed by atoms with Crippen molar-refractivity contribution in [2.45, 2.75) is 13.8 Å². The summed E-state index contributed by atoms with van der Waals surface area (Å²) >= 11 is 8.50. The number of rotatable bonds is 4. The van der Waals surface area contributed by atoms with Crippen molar-refractivity contribution in [2.24, 2.45) is 5.92 Å². The summed E-state index contributed by atoms with van der Waals surface area (Å²) in [6, 6.07) is 14.2. The van der Waals surface area contributed by atoms with Gasteiger partial charge in [0.05, 0.1) is 5.56 Å². The van der Waals surface area contributed by atoms with E-state index in [-0.39, 0.29) is 22.8 Å². The predicted molar refractivity (Wildman–Crippen MR) is 108 cm³/mol. The number of carbonyl (C=O) groups excluding carboxylic acids is 2. The molecule has 0 atom stereocenters. The minimum Gasteiger partial charge on any atom is -0.332 e. The normalized spacial score (nSPS) is 10.2. The van der Waals surface area contributed by atoms with E-state index in [0.29, 0.717) is 21.4 Å². The molecule has 25 heavy (non-hydrogen) atoms. The Kier molecular flexibility index (Phi) is 6.66. The lowest BCUT2D eigenvalue weighted by molar-refractivity contribution is -0.118. The van der Waals surface area contributed by atoms with Gasteiger partial charge in [-0.15, -0.1) is 0 Å². The van der Waals surface area contributed by atoms with Crippen LogP contribution in [0.3, 0.4) is 0 Å². The number of anilines is 2. The fourth-order valence-electron chi connectivity index (χ4n) is 1.90. The number of halogens is 1. The van der Waals surface area contributed by atoms with Crippen LogP contribution in [0, 0.1) is 5.92 Å². The molecule has 0 bridgehead atoms. The molecular weight excluding hydrogens is 402 g/mol. The number of carbonyl (C=O) groups is 2. The second-order valence-corrected chi connectivity index (χ2v) is 6.87. The van der Waals surface area contributed by atoms with E-state index in [1.54, 1.807) is 42.5 Å². The monoisotopic (exact) mass is 419 g/mol. The maximum Gasteiger partial charge on any atom is 0.258 e. The molecule has 0 fully saturated rings. The Balaban J connectivity index is 1.93. The van der Waals surface area contributed by atoms with Crippen LogP contribution in [0.4, 0.5) is 11.4 Å². The fourth-order valence-corrected chi connectivity index (χ4v) is 2.58. The van der Waals surface area contributed by atoms with E-state index in [1.807, 2.05) is 19.9 Å². The van der Waals surface area contributed by atoms with E-state index in [2.05, 4.69) is 31.9 Å². The van der Waals surface area contributed by atoms with Crippen LogP contribution < -0.4 is 16.0 Å². The minimum absolute atomic E-state index is 0.0445. The molecule has 0 radical (unpaired) electrons. The average Bonchev–Trinajstić information content (AvgIpc) is 2.56. The van der Waals surface area contributed by atoms with Gasteiger partial charge in [-0.05, 0) is 64.5 Å². The summed E-state index contributed by atoms with van der Waals surface area (Å²) in [7, 11) is 0. The van der Waals surface area contributed by atoms with Gasteiger partial charge in [-0.1, -0.05) is 26.0 Å². The van der Waals surface area contributed by atoms with Crippen LogP contribution in [0.25, 0.3) is 0 Å². The fraction of sp³-hybridized carbons (Fsp3) is 0.167. The number of nitrogens with one attached hydrogen (secondary N) is 3.